The molecular formula is C13H20N2. The highest BCUT2D eigenvalue weighted by Crippen LogP contribution is 2.36. The number of nitrogens with two attached hydrogens (primary N) is 1. The van der Waals surface area contributed by atoms with Gasteiger partial charge in [-0.2, -0.15) is 0 Å². The van der Waals surface area contributed by atoms with E-state index in [1.807, 2.05) is 18.5 Å². The van der Waals surface area contributed by atoms with E-state index >= 15 is 0 Å². The Morgan fingerprint density at radius 1 is 1.20 bits per heavy atom. The second-order valence-electron chi connectivity index (χ2n) is 4.64. The number of nitrogens with zero attached hydrogens (tertiary/aromatic N) is 1. The molecule has 1 aromatic rings. The first-order valence-corrected chi connectivity index (χ1v) is 5.98. The molecule has 0 saturated heterocycles. The van der Waals surface area contributed by atoms with Gasteiger partial charge in [0.15, 0.2) is 0 Å². The maximum Gasteiger partial charge on any atom is 0.0306 e. The number of aromatic nitrogens is 1. The lowest BCUT2D eigenvalue weighted by Gasteiger charge is -2.31. The molecular weight excluding hydrogens is 184 g/mol. The molecule has 0 bridgehead atoms. The van der Waals surface area contributed by atoms with E-state index < -0.39 is 0 Å². The minimum Gasteiger partial charge on any atom is -0.330 e. The lowest BCUT2D eigenvalue weighted by molar-refractivity contribution is 0.380. The third kappa shape index (κ3) is 2.20. The highest BCUT2D eigenvalue weighted by atomic mass is 14.7. The molecule has 0 spiro atoms. The first kappa shape index (κ1) is 10.6. The summed E-state index contributed by atoms with van der Waals surface area (Å²) in [6.45, 7) is 0.763. The molecule has 0 unspecified atom stereocenters. The number of hydrogen-bond acceptors (Lipinski definition) is 2. The highest BCUT2D eigenvalue weighted by molar-refractivity contribution is 5.22. The number of hydrogen-bond donors (Lipinski definition) is 1. The molecule has 1 aromatic heterocycles. The van der Waals surface area contributed by atoms with Gasteiger partial charge >= 0.3 is 0 Å². The first-order chi connectivity index (χ1) is 7.37. The van der Waals surface area contributed by atoms with Crippen LogP contribution in [0.15, 0.2) is 24.5 Å². The van der Waals surface area contributed by atoms with Crippen molar-refractivity contribution in [2.75, 3.05) is 6.54 Å². The van der Waals surface area contributed by atoms with Gasteiger partial charge in [0, 0.05) is 24.4 Å². The molecule has 1 aliphatic rings. The van der Waals surface area contributed by atoms with Gasteiger partial charge in [-0.05, 0) is 24.5 Å². The molecule has 2 rings (SSSR count). The van der Waals surface area contributed by atoms with Gasteiger partial charge in [-0.1, -0.05) is 31.7 Å². The first-order valence-electron chi connectivity index (χ1n) is 5.98. The number of pyridine rings is 1. The Hall–Kier alpha value is -0.890. The van der Waals surface area contributed by atoms with Crippen LogP contribution in [-0.2, 0) is 5.41 Å². The Labute approximate surface area is 91.9 Å². The highest BCUT2D eigenvalue weighted by Gasteiger charge is 2.31. The van der Waals surface area contributed by atoms with E-state index in [1.165, 1.54) is 44.1 Å². The molecule has 0 atom stereocenters. The molecule has 0 radical (unpaired) electrons. The molecule has 0 aliphatic heterocycles. The predicted molar refractivity (Wildman–Crippen MR) is 62.7 cm³/mol. The number of rotatable bonds is 2. The zero-order chi connectivity index (χ0) is 10.6. The van der Waals surface area contributed by atoms with Crippen LogP contribution in [0.4, 0.5) is 0 Å². The predicted octanol–water partition coefficient (Wildman–Crippen LogP) is 2.63. The summed E-state index contributed by atoms with van der Waals surface area (Å²) in [5.41, 5.74) is 7.57. The lowest BCUT2D eigenvalue weighted by atomic mass is 9.75. The summed E-state index contributed by atoms with van der Waals surface area (Å²) in [4.78, 5) is 4.23. The minimum absolute atomic E-state index is 0.213. The van der Waals surface area contributed by atoms with Gasteiger partial charge in [-0.15, -0.1) is 0 Å². The van der Waals surface area contributed by atoms with E-state index in [9.17, 15) is 0 Å². The smallest absolute Gasteiger partial charge is 0.0306 e. The van der Waals surface area contributed by atoms with Crippen molar-refractivity contribution in [3.8, 4) is 0 Å². The molecule has 0 amide bonds. The van der Waals surface area contributed by atoms with Crippen molar-refractivity contribution in [1.82, 2.24) is 4.98 Å². The fourth-order valence-electron chi connectivity index (χ4n) is 2.69. The Balaban J connectivity index is 2.27. The Bertz CT molecular complexity index is 287. The van der Waals surface area contributed by atoms with Gasteiger partial charge in [-0.25, -0.2) is 0 Å². The van der Waals surface area contributed by atoms with E-state index in [0.29, 0.717) is 0 Å². The quantitative estimate of drug-likeness (QED) is 0.752. The third-order valence-corrected chi connectivity index (χ3v) is 3.73. The molecule has 15 heavy (non-hydrogen) atoms. The minimum atomic E-state index is 0.213. The van der Waals surface area contributed by atoms with Crippen molar-refractivity contribution < 1.29 is 0 Å². The Morgan fingerprint density at radius 3 is 2.47 bits per heavy atom. The summed E-state index contributed by atoms with van der Waals surface area (Å²) in [5.74, 6) is 0. The van der Waals surface area contributed by atoms with Crippen LogP contribution in [0.1, 0.15) is 44.1 Å². The van der Waals surface area contributed by atoms with E-state index in [-0.39, 0.29) is 5.41 Å². The molecule has 1 heterocycles. The topological polar surface area (TPSA) is 38.9 Å². The van der Waals surface area contributed by atoms with Gasteiger partial charge in [-0.3, -0.25) is 4.98 Å². The molecule has 2 N–H and O–H groups in total. The zero-order valence-corrected chi connectivity index (χ0v) is 9.28. The third-order valence-electron chi connectivity index (χ3n) is 3.73. The van der Waals surface area contributed by atoms with E-state index in [1.54, 1.807) is 0 Å². The summed E-state index contributed by atoms with van der Waals surface area (Å²) in [7, 11) is 0. The molecule has 1 saturated carbocycles. The van der Waals surface area contributed by atoms with Gasteiger partial charge in [0.2, 0.25) is 0 Å². The average molecular weight is 204 g/mol. The summed E-state index contributed by atoms with van der Waals surface area (Å²) in [5, 5.41) is 0. The van der Waals surface area contributed by atoms with Crippen LogP contribution in [0.3, 0.4) is 0 Å². The Kier molecular flexibility index (Phi) is 3.37. The van der Waals surface area contributed by atoms with Gasteiger partial charge < -0.3 is 5.73 Å². The van der Waals surface area contributed by atoms with E-state index in [2.05, 4.69) is 11.1 Å². The molecule has 1 aliphatic carbocycles. The van der Waals surface area contributed by atoms with Gasteiger partial charge in [0.25, 0.3) is 0 Å². The van der Waals surface area contributed by atoms with Crippen molar-refractivity contribution in [3.05, 3.63) is 30.1 Å². The van der Waals surface area contributed by atoms with Crippen molar-refractivity contribution in [3.63, 3.8) is 0 Å². The zero-order valence-electron chi connectivity index (χ0n) is 9.28. The normalized spacial score (nSPS) is 20.9. The summed E-state index contributed by atoms with van der Waals surface area (Å²) < 4.78 is 0. The van der Waals surface area contributed by atoms with Crippen molar-refractivity contribution in [2.45, 2.75) is 43.9 Å². The Morgan fingerprint density at radius 2 is 1.93 bits per heavy atom. The van der Waals surface area contributed by atoms with Crippen molar-refractivity contribution >= 4 is 0 Å². The fourth-order valence-corrected chi connectivity index (χ4v) is 2.69. The van der Waals surface area contributed by atoms with Crippen LogP contribution in [-0.4, -0.2) is 11.5 Å². The standard InChI is InChI=1S/C13H20N2/c14-11-13(7-3-1-2-4-8-13)12-6-5-9-15-10-12/h5-6,9-10H,1-4,7-8,11,14H2. The second-order valence-corrected chi connectivity index (χ2v) is 4.64. The largest absolute Gasteiger partial charge is 0.330 e. The van der Waals surface area contributed by atoms with Crippen molar-refractivity contribution in [2.24, 2.45) is 5.73 Å². The monoisotopic (exact) mass is 204 g/mol. The van der Waals surface area contributed by atoms with Crippen LogP contribution in [0, 0.1) is 0 Å². The SMILES string of the molecule is NCC1(c2cccnc2)CCCCCC1. The summed E-state index contributed by atoms with van der Waals surface area (Å²) in [6, 6.07) is 4.21. The molecule has 0 aromatic carbocycles. The van der Waals surface area contributed by atoms with Crippen molar-refractivity contribution in [1.29, 1.82) is 0 Å². The average Bonchev–Trinajstić information content (AvgIpc) is 2.56. The summed E-state index contributed by atoms with van der Waals surface area (Å²) >= 11 is 0. The molecule has 82 valence electrons. The maximum atomic E-state index is 6.01. The molecule has 2 nitrogen and oxygen atoms in total. The van der Waals surface area contributed by atoms with E-state index in [4.69, 9.17) is 5.73 Å². The van der Waals surface area contributed by atoms with Gasteiger partial charge in [0.05, 0.1) is 0 Å². The van der Waals surface area contributed by atoms with Crippen LogP contribution in [0.5, 0.6) is 0 Å². The maximum absolute atomic E-state index is 6.01. The second kappa shape index (κ2) is 4.75. The van der Waals surface area contributed by atoms with E-state index in [0.717, 1.165) is 6.54 Å². The summed E-state index contributed by atoms with van der Waals surface area (Å²) in [6.07, 6.45) is 11.6. The van der Waals surface area contributed by atoms with Crippen LogP contribution in [0.2, 0.25) is 0 Å². The van der Waals surface area contributed by atoms with Gasteiger partial charge in [0.1, 0.15) is 0 Å². The van der Waals surface area contributed by atoms with Crippen LogP contribution in [0.25, 0.3) is 0 Å². The fraction of sp³-hybridized carbons (Fsp3) is 0.615. The molecule has 1 fully saturated rings. The molecule has 2 heteroatoms. The van der Waals surface area contributed by atoms with Crippen LogP contribution < -0.4 is 5.73 Å². The lowest BCUT2D eigenvalue weighted by Crippen LogP contribution is -2.34. The van der Waals surface area contributed by atoms with Crippen LogP contribution >= 0.6 is 0 Å².